The molecule has 29 heavy (non-hydrogen) atoms. The van der Waals surface area contributed by atoms with Crippen LogP contribution in [-0.2, 0) is 10.2 Å². The van der Waals surface area contributed by atoms with Gasteiger partial charge in [-0.15, -0.1) is 0 Å². The maximum Gasteiger partial charge on any atom is 0.282 e. The zero-order valence-electron chi connectivity index (χ0n) is 16.7. The summed E-state index contributed by atoms with van der Waals surface area (Å²) >= 11 is 0. The van der Waals surface area contributed by atoms with Gasteiger partial charge in [-0.05, 0) is 45.4 Å². The maximum atomic E-state index is 13.3. The van der Waals surface area contributed by atoms with E-state index in [-0.39, 0.29) is 30.1 Å². The number of carbonyl (C=O) groups is 1. The van der Waals surface area contributed by atoms with Crippen LogP contribution in [0.25, 0.3) is 0 Å². The van der Waals surface area contributed by atoms with Gasteiger partial charge in [0.15, 0.2) is 5.69 Å². The van der Waals surface area contributed by atoms with Gasteiger partial charge in [-0.25, -0.2) is 0 Å². The molecule has 160 valence electrons. The Balaban J connectivity index is 1.20. The van der Waals surface area contributed by atoms with E-state index in [1.54, 1.807) is 14.7 Å². The summed E-state index contributed by atoms with van der Waals surface area (Å²) in [6, 6.07) is 1.83. The first-order valence-corrected chi connectivity index (χ1v) is 12.1. The van der Waals surface area contributed by atoms with Crippen molar-refractivity contribution in [1.82, 2.24) is 24.4 Å². The molecule has 5 aliphatic rings. The first-order valence-electron chi connectivity index (χ1n) is 10.7. The minimum Gasteiger partial charge on any atom is -0.360 e. The highest BCUT2D eigenvalue weighted by Gasteiger charge is 2.45. The lowest BCUT2D eigenvalue weighted by Crippen LogP contribution is -2.65. The van der Waals surface area contributed by atoms with Crippen molar-refractivity contribution in [2.75, 3.05) is 19.6 Å². The minimum atomic E-state index is -3.48. The summed E-state index contributed by atoms with van der Waals surface area (Å²) < 4.78 is 35.1. The van der Waals surface area contributed by atoms with Crippen LogP contribution in [0.15, 0.2) is 10.6 Å². The summed E-state index contributed by atoms with van der Waals surface area (Å²) in [6.07, 6.45) is 5.36. The van der Waals surface area contributed by atoms with Crippen LogP contribution >= 0.6 is 0 Å². The number of fused-ring (bicyclic) bond motifs is 3. The molecule has 10 heteroatoms. The number of piperidine rings is 3. The van der Waals surface area contributed by atoms with Gasteiger partial charge in [0, 0.05) is 55.8 Å². The first-order chi connectivity index (χ1) is 13.9. The fourth-order valence-electron chi connectivity index (χ4n) is 4.93. The zero-order chi connectivity index (χ0) is 20.2. The second kappa shape index (κ2) is 7.33. The third-order valence-corrected chi connectivity index (χ3v) is 8.96. The molecule has 1 aliphatic carbocycles. The van der Waals surface area contributed by atoms with Crippen molar-refractivity contribution in [3.05, 3.63) is 17.5 Å². The second-order valence-corrected chi connectivity index (χ2v) is 10.8. The van der Waals surface area contributed by atoms with Crippen molar-refractivity contribution < 1.29 is 17.7 Å². The quantitative estimate of drug-likeness (QED) is 0.726. The molecule has 6 rings (SSSR count). The summed E-state index contributed by atoms with van der Waals surface area (Å²) in [5.41, 5.74) is 0.312. The third-order valence-electron chi connectivity index (χ3n) is 6.78. The fourth-order valence-corrected chi connectivity index (χ4v) is 7.00. The number of nitrogens with one attached hydrogen (secondary N) is 2. The average Bonchev–Trinajstić information content (AvgIpc) is 3.45. The van der Waals surface area contributed by atoms with E-state index in [0.717, 1.165) is 38.0 Å². The molecule has 0 radical (unpaired) electrons. The zero-order valence-corrected chi connectivity index (χ0v) is 17.5. The number of hydrogen-bond donors (Lipinski definition) is 2. The van der Waals surface area contributed by atoms with Crippen LogP contribution in [0, 0.1) is 0 Å². The summed E-state index contributed by atoms with van der Waals surface area (Å²) in [7, 11) is -3.48. The first kappa shape index (κ1) is 19.5. The molecule has 1 saturated carbocycles. The highest BCUT2D eigenvalue weighted by atomic mass is 32.2. The standard InChI is InChI=1S/C19H29N5O4S/c1-12-8-14(21-19(25)17-9-18(28-22-17)13-2-3-13)6-7-23(12)29(26,27)24-11-15-4-5-16(24)10-20-15/h9,12-16,20H,2-8,10-11H2,1H3,(H,21,25)/t12-,14-,15?,16?/m0/s1. The van der Waals surface area contributed by atoms with Crippen LogP contribution in [0.4, 0.5) is 0 Å². The molecule has 2 unspecified atom stereocenters. The van der Waals surface area contributed by atoms with Crippen LogP contribution in [0.2, 0.25) is 0 Å². The Bertz CT molecular complexity index is 875. The fraction of sp³-hybridized carbons (Fsp3) is 0.789. The highest BCUT2D eigenvalue weighted by Crippen LogP contribution is 2.40. The molecule has 1 aromatic heterocycles. The molecule has 1 amide bonds. The lowest BCUT2D eigenvalue weighted by molar-refractivity contribution is 0.0898. The predicted octanol–water partition coefficient (Wildman–Crippen LogP) is 0.816. The number of piperazine rings is 1. The van der Waals surface area contributed by atoms with E-state index in [0.29, 0.717) is 37.5 Å². The molecule has 1 aromatic rings. The van der Waals surface area contributed by atoms with Crippen LogP contribution in [0.5, 0.6) is 0 Å². The van der Waals surface area contributed by atoms with Gasteiger partial charge in [0.2, 0.25) is 0 Å². The van der Waals surface area contributed by atoms with Gasteiger partial charge in [-0.1, -0.05) is 5.16 Å². The Morgan fingerprint density at radius 1 is 1.24 bits per heavy atom. The van der Waals surface area contributed by atoms with E-state index in [1.807, 2.05) is 6.92 Å². The van der Waals surface area contributed by atoms with Crippen molar-refractivity contribution in [2.45, 2.75) is 75.5 Å². The molecule has 4 aliphatic heterocycles. The molecular weight excluding hydrogens is 394 g/mol. The topological polar surface area (TPSA) is 108 Å². The average molecular weight is 424 g/mol. The van der Waals surface area contributed by atoms with E-state index in [2.05, 4.69) is 15.8 Å². The molecule has 5 heterocycles. The van der Waals surface area contributed by atoms with Crippen LogP contribution in [0.3, 0.4) is 0 Å². The Morgan fingerprint density at radius 2 is 2.07 bits per heavy atom. The number of carbonyl (C=O) groups excluding carboxylic acids is 1. The number of aromatic nitrogens is 1. The Kier molecular flexibility index (Phi) is 4.92. The monoisotopic (exact) mass is 423 g/mol. The van der Waals surface area contributed by atoms with E-state index in [1.165, 1.54) is 0 Å². The maximum absolute atomic E-state index is 13.3. The molecule has 2 N–H and O–H groups in total. The molecule has 0 aromatic carbocycles. The molecule has 4 saturated heterocycles. The molecule has 2 bridgehead atoms. The Labute approximate surface area is 171 Å². The van der Waals surface area contributed by atoms with Gasteiger partial charge in [0.05, 0.1) is 0 Å². The highest BCUT2D eigenvalue weighted by molar-refractivity contribution is 7.86. The number of rotatable bonds is 5. The minimum absolute atomic E-state index is 0.0578. The number of hydrogen-bond acceptors (Lipinski definition) is 6. The normalized spacial score (nSPS) is 33.7. The predicted molar refractivity (Wildman–Crippen MR) is 106 cm³/mol. The van der Waals surface area contributed by atoms with E-state index in [9.17, 15) is 13.2 Å². The number of amides is 1. The summed E-state index contributed by atoms with van der Waals surface area (Å²) in [4.78, 5) is 12.5. The Morgan fingerprint density at radius 3 is 2.69 bits per heavy atom. The summed E-state index contributed by atoms with van der Waals surface area (Å²) in [5.74, 6) is 0.959. The molecule has 5 fully saturated rings. The van der Waals surface area contributed by atoms with Crippen LogP contribution < -0.4 is 10.6 Å². The lowest BCUT2D eigenvalue weighted by atomic mass is 9.96. The molecule has 4 atom stereocenters. The van der Waals surface area contributed by atoms with Crippen LogP contribution in [0.1, 0.15) is 67.6 Å². The Hall–Kier alpha value is -1.49. The SMILES string of the molecule is C[C@H]1C[C@@H](NC(=O)c2cc(C3CC3)on2)CCN1S(=O)(=O)N1CC2CCC1CN2. The lowest BCUT2D eigenvalue weighted by Gasteiger charge is -2.48. The molecule has 9 nitrogen and oxygen atoms in total. The van der Waals surface area contributed by atoms with Crippen molar-refractivity contribution in [1.29, 1.82) is 0 Å². The van der Waals surface area contributed by atoms with Gasteiger partial charge >= 0.3 is 0 Å². The molecular formula is C19H29N5O4S. The van der Waals surface area contributed by atoms with Crippen molar-refractivity contribution in [3.8, 4) is 0 Å². The third kappa shape index (κ3) is 3.71. The van der Waals surface area contributed by atoms with E-state index < -0.39 is 10.2 Å². The van der Waals surface area contributed by atoms with E-state index >= 15 is 0 Å². The second-order valence-electron chi connectivity index (χ2n) is 8.96. The smallest absolute Gasteiger partial charge is 0.282 e. The summed E-state index contributed by atoms with van der Waals surface area (Å²) in [5, 5.41) is 10.3. The van der Waals surface area contributed by atoms with Gasteiger partial charge in [0.25, 0.3) is 16.1 Å². The van der Waals surface area contributed by atoms with Crippen LogP contribution in [-0.4, -0.2) is 71.9 Å². The molecule has 0 spiro atoms. The van der Waals surface area contributed by atoms with Gasteiger partial charge in [-0.2, -0.15) is 17.0 Å². The van der Waals surface area contributed by atoms with E-state index in [4.69, 9.17) is 4.52 Å². The number of nitrogens with zero attached hydrogens (tertiary/aromatic N) is 3. The van der Waals surface area contributed by atoms with Crippen molar-refractivity contribution in [3.63, 3.8) is 0 Å². The summed E-state index contributed by atoms with van der Waals surface area (Å²) in [6.45, 7) is 3.65. The van der Waals surface area contributed by atoms with Gasteiger partial charge < -0.3 is 15.2 Å². The largest absolute Gasteiger partial charge is 0.360 e. The van der Waals surface area contributed by atoms with Gasteiger partial charge in [0.1, 0.15) is 5.76 Å². The van der Waals surface area contributed by atoms with Gasteiger partial charge in [-0.3, -0.25) is 4.79 Å². The van der Waals surface area contributed by atoms with Crippen molar-refractivity contribution >= 4 is 16.1 Å². The van der Waals surface area contributed by atoms with Crippen molar-refractivity contribution in [2.24, 2.45) is 0 Å².